The molecule has 0 unspecified atom stereocenters. The van der Waals surface area contributed by atoms with Crippen molar-refractivity contribution >= 4 is 34.4 Å². The summed E-state index contributed by atoms with van der Waals surface area (Å²) in [4.78, 5) is 34.4. The van der Waals surface area contributed by atoms with Crippen molar-refractivity contribution in [3.63, 3.8) is 0 Å². The molecule has 4 heterocycles. The van der Waals surface area contributed by atoms with Gasteiger partial charge in [0.1, 0.15) is 23.3 Å². The Bertz CT molecular complexity index is 1180. The van der Waals surface area contributed by atoms with Crippen molar-refractivity contribution in [3.8, 4) is 0 Å². The molecule has 3 N–H and O–H groups in total. The molecular formula is C19H21N7O3. The zero-order chi connectivity index (χ0) is 20.1. The molecule has 1 aliphatic heterocycles. The number of amides is 1. The van der Waals surface area contributed by atoms with E-state index in [0.717, 1.165) is 18.4 Å². The number of anilines is 3. The smallest absolute Gasteiger partial charge is 0.328 e. The Balaban J connectivity index is 1.69. The number of fused-ring (bicyclic) bond motifs is 4. The molecule has 5 rings (SSSR count). The predicted molar refractivity (Wildman–Crippen MR) is 108 cm³/mol. The van der Waals surface area contributed by atoms with E-state index in [1.807, 2.05) is 0 Å². The van der Waals surface area contributed by atoms with Crippen LogP contribution in [0.2, 0.25) is 0 Å². The van der Waals surface area contributed by atoms with Crippen molar-refractivity contribution in [3.05, 3.63) is 40.6 Å². The highest BCUT2D eigenvalue weighted by atomic mass is 16.5. The van der Waals surface area contributed by atoms with E-state index in [1.165, 1.54) is 15.5 Å². The molecule has 4 bridgehead atoms. The molecule has 29 heavy (non-hydrogen) atoms. The van der Waals surface area contributed by atoms with Gasteiger partial charge in [-0.25, -0.2) is 19.3 Å². The summed E-state index contributed by atoms with van der Waals surface area (Å²) in [6.45, 7) is 0.352. The molecule has 0 aromatic carbocycles. The van der Waals surface area contributed by atoms with Gasteiger partial charge in [0.2, 0.25) is 0 Å². The third-order valence-corrected chi connectivity index (χ3v) is 5.48. The summed E-state index contributed by atoms with van der Waals surface area (Å²) >= 11 is 0. The van der Waals surface area contributed by atoms with Gasteiger partial charge in [0.15, 0.2) is 5.65 Å². The van der Waals surface area contributed by atoms with Crippen LogP contribution in [0.5, 0.6) is 0 Å². The highest BCUT2D eigenvalue weighted by Crippen LogP contribution is 2.28. The molecule has 0 radical (unpaired) electrons. The average molecular weight is 395 g/mol. The number of ether oxygens (including phenoxy) is 1. The molecule has 2 atom stereocenters. The van der Waals surface area contributed by atoms with Crippen LogP contribution in [0, 0.1) is 0 Å². The number of carbonyl (C=O) groups is 1. The number of rotatable bonds is 1. The summed E-state index contributed by atoms with van der Waals surface area (Å²) in [5.41, 5.74) is 2.75. The zero-order valence-electron chi connectivity index (χ0n) is 16.1. The quantitative estimate of drug-likeness (QED) is 0.572. The standard InChI is InChI=1S/C19H21N7O3/c1-20-12-6-15-22-13-5-10(7-25(2)18(13)27)8-29-14-4-3-11(14)23-19(28)26-9-21-16(12)17(26)24-15/h5-7,9,11,14H,3-4,8H2,1-2H3,(H,23,28)(H2,20,22,24)/t11-,14-/m1/s1. The minimum Gasteiger partial charge on any atom is -0.386 e. The highest BCUT2D eigenvalue weighted by molar-refractivity contribution is 5.94. The van der Waals surface area contributed by atoms with Crippen molar-refractivity contribution in [2.75, 3.05) is 17.7 Å². The van der Waals surface area contributed by atoms with E-state index >= 15 is 0 Å². The van der Waals surface area contributed by atoms with Gasteiger partial charge in [-0.2, -0.15) is 0 Å². The Labute approximate surface area is 165 Å². The Morgan fingerprint density at radius 2 is 2.14 bits per heavy atom. The first-order chi connectivity index (χ1) is 14.0. The van der Waals surface area contributed by atoms with Crippen molar-refractivity contribution in [2.24, 2.45) is 7.05 Å². The molecule has 10 heteroatoms. The lowest BCUT2D eigenvalue weighted by molar-refractivity contribution is -0.0324. The third-order valence-electron chi connectivity index (χ3n) is 5.48. The van der Waals surface area contributed by atoms with E-state index in [0.29, 0.717) is 35.0 Å². The summed E-state index contributed by atoms with van der Waals surface area (Å²) in [6.07, 6.45) is 4.87. The van der Waals surface area contributed by atoms with Gasteiger partial charge < -0.3 is 25.3 Å². The van der Waals surface area contributed by atoms with Gasteiger partial charge >= 0.3 is 6.03 Å². The number of carbonyl (C=O) groups excluding carboxylic acids is 1. The summed E-state index contributed by atoms with van der Waals surface area (Å²) in [6, 6.07) is 3.17. The molecule has 2 aliphatic rings. The Morgan fingerprint density at radius 1 is 1.28 bits per heavy atom. The second kappa shape index (κ2) is 6.59. The van der Waals surface area contributed by atoms with Gasteiger partial charge in [0.25, 0.3) is 5.56 Å². The van der Waals surface area contributed by atoms with Gasteiger partial charge in [-0.15, -0.1) is 0 Å². The topological polar surface area (TPSA) is 115 Å². The van der Waals surface area contributed by atoms with Crippen molar-refractivity contribution < 1.29 is 9.53 Å². The van der Waals surface area contributed by atoms with Crippen LogP contribution in [0.15, 0.2) is 29.5 Å². The fourth-order valence-corrected chi connectivity index (χ4v) is 3.75. The molecule has 1 amide bonds. The Hall–Kier alpha value is -3.40. The van der Waals surface area contributed by atoms with Crippen LogP contribution in [0.3, 0.4) is 0 Å². The van der Waals surface area contributed by atoms with E-state index in [2.05, 4.69) is 25.9 Å². The van der Waals surface area contributed by atoms with Crippen LogP contribution in [-0.4, -0.2) is 44.3 Å². The average Bonchev–Trinajstić information content (AvgIpc) is 3.11. The van der Waals surface area contributed by atoms with Crippen LogP contribution in [0.25, 0.3) is 11.2 Å². The monoisotopic (exact) mass is 395 g/mol. The van der Waals surface area contributed by atoms with Crippen LogP contribution in [0.4, 0.5) is 22.0 Å². The molecule has 3 aromatic rings. The largest absolute Gasteiger partial charge is 0.386 e. The molecule has 1 aliphatic carbocycles. The third kappa shape index (κ3) is 2.92. The number of aromatic nitrogens is 4. The lowest BCUT2D eigenvalue weighted by Gasteiger charge is -2.36. The molecule has 0 spiro atoms. The maximum Gasteiger partial charge on any atom is 0.328 e. The lowest BCUT2D eigenvalue weighted by atomic mass is 9.89. The van der Waals surface area contributed by atoms with E-state index < -0.39 is 0 Å². The van der Waals surface area contributed by atoms with Crippen molar-refractivity contribution in [1.29, 1.82) is 0 Å². The Kier molecular flexibility index (Phi) is 4.02. The number of nitrogens with zero attached hydrogens (tertiary/aromatic N) is 4. The van der Waals surface area contributed by atoms with Crippen molar-refractivity contribution in [2.45, 2.75) is 31.6 Å². The van der Waals surface area contributed by atoms with E-state index in [9.17, 15) is 9.59 Å². The SMILES string of the molecule is CNc1cc2nc3c1ncn3C(=O)N[C@@H]1CC[C@H]1OCc1cc(c(=O)n(C)c1)N2. The first-order valence-corrected chi connectivity index (χ1v) is 9.48. The molecule has 150 valence electrons. The summed E-state index contributed by atoms with van der Waals surface area (Å²) in [5, 5.41) is 9.18. The molecular weight excluding hydrogens is 374 g/mol. The normalized spacial score (nSPS) is 21.0. The summed E-state index contributed by atoms with van der Waals surface area (Å²) in [5.74, 6) is 0.435. The van der Waals surface area contributed by atoms with Crippen LogP contribution in [0.1, 0.15) is 18.4 Å². The maximum atomic E-state index is 12.8. The van der Waals surface area contributed by atoms with Gasteiger partial charge in [0.05, 0.1) is 24.4 Å². The van der Waals surface area contributed by atoms with Crippen LogP contribution < -0.4 is 21.5 Å². The van der Waals surface area contributed by atoms with E-state index in [1.54, 1.807) is 32.4 Å². The first-order valence-electron chi connectivity index (χ1n) is 9.48. The molecule has 0 saturated heterocycles. The van der Waals surface area contributed by atoms with Crippen LogP contribution >= 0.6 is 0 Å². The highest BCUT2D eigenvalue weighted by Gasteiger charge is 2.34. The maximum absolute atomic E-state index is 12.8. The first kappa shape index (κ1) is 17.7. The van der Waals surface area contributed by atoms with Gasteiger partial charge in [-0.05, 0) is 24.5 Å². The lowest BCUT2D eigenvalue weighted by Crippen LogP contribution is -2.52. The second-order valence-corrected chi connectivity index (χ2v) is 7.38. The molecule has 10 nitrogen and oxygen atoms in total. The molecule has 1 saturated carbocycles. The minimum atomic E-state index is -0.302. The van der Waals surface area contributed by atoms with Gasteiger partial charge in [-0.1, -0.05) is 0 Å². The number of hydrogen-bond acceptors (Lipinski definition) is 7. The summed E-state index contributed by atoms with van der Waals surface area (Å²) < 4.78 is 8.91. The molecule has 3 aromatic heterocycles. The fourth-order valence-electron chi connectivity index (χ4n) is 3.75. The molecule has 1 fully saturated rings. The van der Waals surface area contributed by atoms with Gasteiger partial charge in [0, 0.05) is 26.4 Å². The number of pyridine rings is 2. The van der Waals surface area contributed by atoms with E-state index in [4.69, 9.17) is 4.74 Å². The number of hydrogen-bond donors (Lipinski definition) is 3. The van der Waals surface area contributed by atoms with Crippen molar-refractivity contribution in [1.82, 2.24) is 24.4 Å². The van der Waals surface area contributed by atoms with E-state index in [-0.39, 0.29) is 23.7 Å². The zero-order valence-corrected chi connectivity index (χ0v) is 16.1. The summed E-state index contributed by atoms with van der Waals surface area (Å²) in [7, 11) is 3.48. The fraction of sp³-hybridized carbons (Fsp3) is 0.368. The number of nitrogens with one attached hydrogen (secondary N) is 3. The Morgan fingerprint density at radius 3 is 2.90 bits per heavy atom. The minimum absolute atomic E-state index is 0.0679. The number of imidazole rings is 1. The number of aryl methyl sites for hydroxylation is 1. The predicted octanol–water partition coefficient (Wildman–Crippen LogP) is 1.53. The second-order valence-electron chi connectivity index (χ2n) is 7.38. The van der Waals surface area contributed by atoms with Crippen LogP contribution in [-0.2, 0) is 18.4 Å². The van der Waals surface area contributed by atoms with Gasteiger partial charge in [-0.3, -0.25) is 4.79 Å².